The molecule has 5 heterocycles. The van der Waals surface area contributed by atoms with Gasteiger partial charge in [0.2, 0.25) is 0 Å². The number of ether oxygens (including phenoxy) is 2. The zero-order chi connectivity index (χ0) is 39.1. The fourth-order valence-corrected chi connectivity index (χ4v) is 10.5. The third kappa shape index (κ3) is 4.16. The van der Waals surface area contributed by atoms with Crippen molar-refractivity contribution in [3.8, 4) is 40.1 Å². The Bertz CT molecular complexity index is 3770. The largest absolute Gasteiger partial charge is 0.456 e. The Balaban J connectivity index is 1.15. The molecule has 0 fully saturated rings. The summed E-state index contributed by atoms with van der Waals surface area (Å²) in [5.74, 6) is 3.37. The maximum absolute atomic E-state index is 7.45. The number of para-hydroxylation sites is 6. The van der Waals surface area contributed by atoms with Gasteiger partial charge in [-0.2, -0.15) is 0 Å². The molecule has 14 rings (SSSR count). The number of aromatic nitrogens is 3. The van der Waals surface area contributed by atoms with Crippen LogP contribution in [0, 0.1) is 0 Å². The number of fused-ring (bicyclic) bond motifs is 15. The zero-order valence-electron chi connectivity index (χ0n) is 32.2. The highest BCUT2D eigenvalue weighted by atomic mass is 16.5. The standard InChI is InChI=1S/C54H32BN3O2/c1-4-16-33(17-5-1)56-44-25-13-11-23-37(44)40-30-43-48(32-47(40)56)59-54-50-49(31-41-38-24-12-15-27-46(38)58(52(41)54)35-20-8-3-9-21-35)60-53-42(55(43)50)29-28-39-36-22-10-14-26-45(36)57(51(39)53)34-18-6-2-7-19-34/h1-32H. The highest BCUT2D eigenvalue weighted by molar-refractivity contribution is 6.98. The second-order valence-corrected chi connectivity index (χ2v) is 16.0. The van der Waals surface area contributed by atoms with E-state index in [4.69, 9.17) is 9.47 Å². The molecule has 5 nitrogen and oxygen atoms in total. The molecular weight excluding hydrogens is 733 g/mol. The van der Waals surface area contributed by atoms with Crippen molar-refractivity contribution in [2.45, 2.75) is 0 Å². The van der Waals surface area contributed by atoms with Crippen LogP contribution in [0.3, 0.4) is 0 Å². The van der Waals surface area contributed by atoms with Crippen molar-refractivity contribution in [3.63, 3.8) is 0 Å². The predicted molar refractivity (Wildman–Crippen MR) is 247 cm³/mol. The Morgan fingerprint density at radius 3 is 1.42 bits per heavy atom. The maximum Gasteiger partial charge on any atom is 0.260 e. The van der Waals surface area contributed by atoms with Crippen LogP contribution in [0.25, 0.3) is 82.5 Å². The molecule has 60 heavy (non-hydrogen) atoms. The van der Waals surface area contributed by atoms with E-state index in [1.54, 1.807) is 0 Å². The molecule has 0 bridgehead atoms. The average Bonchev–Trinajstić information content (AvgIpc) is 3.95. The minimum atomic E-state index is -0.177. The fraction of sp³-hybridized carbons (Fsp3) is 0. The molecule has 0 radical (unpaired) electrons. The molecule has 2 aliphatic rings. The number of benzene rings is 9. The first-order chi connectivity index (χ1) is 29.8. The Hall–Kier alpha value is -7.96. The van der Waals surface area contributed by atoms with Crippen LogP contribution in [0.5, 0.6) is 23.0 Å². The molecule has 0 saturated heterocycles. The van der Waals surface area contributed by atoms with E-state index in [0.717, 1.165) is 106 Å². The van der Waals surface area contributed by atoms with Crippen molar-refractivity contribution in [3.05, 3.63) is 194 Å². The average molecular weight is 766 g/mol. The summed E-state index contributed by atoms with van der Waals surface area (Å²) >= 11 is 0. The van der Waals surface area contributed by atoms with E-state index in [1.807, 2.05) is 0 Å². The van der Waals surface area contributed by atoms with Crippen molar-refractivity contribution in [1.82, 2.24) is 13.7 Å². The minimum absolute atomic E-state index is 0.177. The van der Waals surface area contributed by atoms with Crippen molar-refractivity contribution in [2.75, 3.05) is 0 Å². The van der Waals surface area contributed by atoms with E-state index in [0.29, 0.717) is 0 Å². The molecule has 0 atom stereocenters. The summed E-state index contributed by atoms with van der Waals surface area (Å²) in [4.78, 5) is 0. The smallest absolute Gasteiger partial charge is 0.260 e. The number of hydrogen-bond acceptors (Lipinski definition) is 2. The van der Waals surface area contributed by atoms with Crippen molar-refractivity contribution in [2.24, 2.45) is 0 Å². The molecule has 0 N–H and O–H groups in total. The van der Waals surface area contributed by atoms with E-state index < -0.39 is 0 Å². The Kier molecular flexibility index (Phi) is 6.31. The van der Waals surface area contributed by atoms with Crippen LogP contribution >= 0.6 is 0 Å². The van der Waals surface area contributed by atoms with Gasteiger partial charge in [-0.1, -0.05) is 127 Å². The van der Waals surface area contributed by atoms with Crippen molar-refractivity contribution < 1.29 is 9.47 Å². The van der Waals surface area contributed by atoms with Gasteiger partial charge >= 0.3 is 0 Å². The fourth-order valence-electron chi connectivity index (χ4n) is 10.5. The summed E-state index contributed by atoms with van der Waals surface area (Å²) < 4.78 is 22.0. The SMILES string of the molecule is c1ccc(-n2c3ccccc3c3cc4c(cc32)Oc2c3c(cc5c6ccccc6n(-c6ccccc6)c25)Oc2c(ccc5c6ccccc6n(-c6ccccc6)c25)B43)cc1. The molecule has 6 heteroatoms. The Morgan fingerprint density at radius 1 is 0.317 bits per heavy atom. The van der Waals surface area contributed by atoms with Gasteiger partial charge < -0.3 is 23.2 Å². The Morgan fingerprint density at radius 2 is 0.800 bits per heavy atom. The quantitative estimate of drug-likeness (QED) is 0.168. The molecular formula is C54H32BN3O2. The monoisotopic (exact) mass is 765 g/mol. The maximum atomic E-state index is 7.45. The van der Waals surface area contributed by atoms with Crippen LogP contribution in [-0.2, 0) is 0 Å². The van der Waals surface area contributed by atoms with E-state index in [2.05, 4.69) is 208 Å². The molecule has 0 aliphatic carbocycles. The van der Waals surface area contributed by atoms with Gasteiger partial charge in [0.05, 0.1) is 33.1 Å². The van der Waals surface area contributed by atoms with E-state index in [9.17, 15) is 0 Å². The number of hydrogen-bond donors (Lipinski definition) is 0. The highest BCUT2D eigenvalue weighted by Gasteiger charge is 2.44. The van der Waals surface area contributed by atoms with Gasteiger partial charge in [0.15, 0.2) is 5.75 Å². The van der Waals surface area contributed by atoms with Crippen LogP contribution in [0.15, 0.2) is 194 Å². The zero-order valence-corrected chi connectivity index (χ0v) is 32.2. The lowest BCUT2D eigenvalue weighted by atomic mass is 9.34. The van der Waals surface area contributed by atoms with Crippen molar-refractivity contribution in [1.29, 1.82) is 0 Å². The van der Waals surface area contributed by atoms with Crippen molar-refractivity contribution >= 4 is 88.5 Å². The molecule has 2 aliphatic heterocycles. The molecule has 0 spiro atoms. The first kappa shape index (κ1) is 32.1. The van der Waals surface area contributed by atoms with E-state index in [1.165, 1.54) is 16.2 Å². The molecule has 3 aromatic heterocycles. The number of nitrogens with zero attached hydrogens (tertiary/aromatic N) is 3. The summed E-state index contributed by atoms with van der Waals surface area (Å²) in [5, 5.41) is 6.98. The second-order valence-electron chi connectivity index (χ2n) is 16.0. The lowest BCUT2D eigenvalue weighted by Crippen LogP contribution is -2.57. The topological polar surface area (TPSA) is 33.2 Å². The summed E-state index contributed by atoms with van der Waals surface area (Å²) in [6.45, 7) is -0.177. The number of rotatable bonds is 3. The molecule has 278 valence electrons. The molecule has 12 aromatic rings. The van der Waals surface area contributed by atoms with E-state index in [-0.39, 0.29) is 6.71 Å². The Labute approximate surface area is 344 Å². The molecule has 0 amide bonds. The van der Waals surface area contributed by atoms with Gasteiger partial charge in [-0.25, -0.2) is 0 Å². The van der Waals surface area contributed by atoms with Crippen LogP contribution in [0.2, 0.25) is 0 Å². The van der Waals surface area contributed by atoms with Gasteiger partial charge in [0, 0.05) is 60.9 Å². The first-order valence-electron chi connectivity index (χ1n) is 20.6. The van der Waals surface area contributed by atoms with Crippen LogP contribution in [0.1, 0.15) is 0 Å². The third-order valence-electron chi connectivity index (χ3n) is 12.9. The van der Waals surface area contributed by atoms with Gasteiger partial charge in [-0.3, -0.25) is 0 Å². The predicted octanol–water partition coefficient (Wildman–Crippen LogP) is 11.7. The van der Waals surface area contributed by atoms with Crippen LogP contribution < -0.4 is 25.9 Å². The van der Waals surface area contributed by atoms with Crippen LogP contribution in [-0.4, -0.2) is 20.4 Å². The molecule has 0 saturated carbocycles. The third-order valence-corrected chi connectivity index (χ3v) is 12.9. The summed E-state index contributed by atoms with van der Waals surface area (Å²) in [6, 6.07) is 69.6. The first-order valence-corrected chi connectivity index (χ1v) is 20.6. The second kappa shape index (κ2) is 11.8. The summed E-state index contributed by atoms with van der Waals surface area (Å²) in [5.41, 5.74) is 13.2. The lowest BCUT2D eigenvalue weighted by molar-refractivity contribution is 0.470. The van der Waals surface area contributed by atoms with Crippen LogP contribution in [0.4, 0.5) is 0 Å². The van der Waals surface area contributed by atoms with Gasteiger partial charge in [-0.05, 0) is 71.6 Å². The van der Waals surface area contributed by atoms with Gasteiger partial charge in [-0.15, -0.1) is 0 Å². The molecule has 9 aromatic carbocycles. The lowest BCUT2D eigenvalue weighted by Gasteiger charge is -2.34. The molecule has 0 unspecified atom stereocenters. The summed E-state index contributed by atoms with van der Waals surface area (Å²) in [6.07, 6.45) is 0. The minimum Gasteiger partial charge on any atom is -0.456 e. The van der Waals surface area contributed by atoms with E-state index >= 15 is 0 Å². The highest BCUT2D eigenvalue weighted by Crippen LogP contribution is 2.48. The normalized spacial score (nSPS) is 12.9. The van der Waals surface area contributed by atoms with Gasteiger partial charge in [0.1, 0.15) is 17.2 Å². The summed E-state index contributed by atoms with van der Waals surface area (Å²) in [7, 11) is 0. The van der Waals surface area contributed by atoms with Gasteiger partial charge in [0.25, 0.3) is 6.71 Å².